The van der Waals surface area contributed by atoms with E-state index < -0.39 is 18.0 Å². The fourth-order valence-electron chi connectivity index (χ4n) is 7.37. The molecule has 1 saturated carbocycles. The fourth-order valence-corrected chi connectivity index (χ4v) is 7.37. The van der Waals surface area contributed by atoms with Gasteiger partial charge in [-0.15, -0.1) is 0 Å². The fraction of sp³-hybridized carbons (Fsp3) is 0.378. The third-order valence-electron chi connectivity index (χ3n) is 9.93. The minimum absolute atomic E-state index is 0.000368. The molecule has 2 aromatic heterocycles. The van der Waals surface area contributed by atoms with E-state index in [1.807, 2.05) is 12.1 Å². The first-order valence-electron chi connectivity index (χ1n) is 16.7. The Morgan fingerprint density at radius 1 is 0.875 bits per heavy atom. The van der Waals surface area contributed by atoms with E-state index in [2.05, 4.69) is 27.3 Å². The number of fused-ring (bicyclic) bond motifs is 2. The summed E-state index contributed by atoms with van der Waals surface area (Å²) in [7, 11) is 1.57. The van der Waals surface area contributed by atoms with Gasteiger partial charge in [0.1, 0.15) is 23.3 Å². The zero-order chi connectivity index (χ0) is 33.1. The Morgan fingerprint density at radius 3 is 2.38 bits per heavy atom. The van der Waals surface area contributed by atoms with Crippen LogP contribution in [0, 0.1) is 17.7 Å². The van der Waals surface area contributed by atoms with Gasteiger partial charge in [0.2, 0.25) is 0 Å². The molecule has 5 aromatic rings. The molecule has 9 nitrogen and oxygen atoms in total. The number of halogens is 2. The van der Waals surface area contributed by atoms with Crippen LogP contribution < -0.4 is 10.5 Å². The van der Waals surface area contributed by atoms with Crippen molar-refractivity contribution in [1.29, 1.82) is 0 Å². The summed E-state index contributed by atoms with van der Waals surface area (Å²) in [6.07, 6.45) is 1.45. The minimum atomic E-state index is -1.17. The van der Waals surface area contributed by atoms with Crippen molar-refractivity contribution >= 4 is 33.8 Å². The first kappa shape index (κ1) is 30.6. The molecule has 248 valence electrons. The number of nitrogens with zero attached hydrogens (tertiary/aromatic N) is 5. The van der Waals surface area contributed by atoms with E-state index in [0.717, 1.165) is 34.5 Å². The maximum atomic E-state index is 14.4. The van der Waals surface area contributed by atoms with Crippen LogP contribution in [0.15, 0.2) is 66.7 Å². The van der Waals surface area contributed by atoms with E-state index in [0.29, 0.717) is 47.9 Å². The predicted molar refractivity (Wildman–Crippen MR) is 179 cm³/mol. The Labute approximate surface area is 276 Å². The van der Waals surface area contributed by atoms with Crippen LogP contribution in [0.5, 0.6) is 5.75 Å². The molecule has 11 heteroatoms. The van der Waals surface area contributed by atoms with Crippen molar-refractivity contribution in [2.24, 2.45) is 17.6 Å². The van der Waals surface area contributed by atoms with Crippen LogP contribution in [-0.4, -0.2) is 81.2 Å². The summed E-state index contributed by atoms with van der Waals surface area (Å²) in [6.45, 7) is 2.74. The van der Waals surface area contributed by atoms with Gasteiger partial charge in [-0.1, -0.05) is 24.3 Å². The Bertz CT molecular complexity index is 2040. The summed E-state index contributed by atoms with van der Waals surface area (Å²) >= 11 is 0. The van der Waals surface area contributed by atoms with Gasteiger partial charge in [-0.3, -0.25) is 9.59 Å². The Kier molecular flexibility index (Phi) is 7.66. The zero-order valence-corrected chi connectivity index (χ0v) is 26.8. The molecule has 4 heterocycles. The SMILES string of the molecule is COc1cc(C(=O)N2C[C@H](N)C[C@@H](F)C2)cc2nc(-c3cc4ccccc4n3CC3CC3)n(CC3CN(C(=O)c4cccc(F)c4)C3)c12. The zero-order valence-electron chi connectivity index (χ0n) is 26.8. The molecule has 0 unspecified atom stereocenters. The number of carbonyl (C=O) groups excluding carboxylic acids is 2. The van der Waals surface area contributed by atoms with Crippen molar-refractivity contribution in [3.05, 3.63) is 83.7 Å². The lowest BCUT2D eigenvalue weighted by molar-refractivity contribution is 0.0471. The number of carbonyl (C=O) groups is 2. The van der Waals surface area contributed by atoms with Gasteiger partial charge in [-0.05, 0) is 67.6 Å². The third-order valence-corrected chi connectivity index (χ3v) is 9.93. The number of likely N-dealkylation sites (tertiary alicyclic amines) is 2. The molecular formula is C37H38F2N6O3. The van der Waals surface area contributed by atoms with Crippen molar-refractivity contribution in [2.75, 3.05) is 33.3 Å². The summed E-state index contributed by atoms with van der Waals surface area (Å²) in [5.41, 5.74) is 10.2. The van der Waals surface area contributed by atoms with Gasteiger partial charge in [0, 0.05) is 66.7 Å². The van der Waals surface area contributed by atoms with E-state index in [1.165, 1.54) is 29.9 Å². The van der Waals surface area contributed by atoms with E-state index >= 15 is 0 Å². The first-order valence-corrected chi connectivity index (χ1v) is 16.7. The van der Waals surface area contributed by atoms with Gasteiger partial charge < -0.3 is 29.4 Å². The van der Waals surface area contributed by atoms with E-state index in [1.54, 1.807) is 36.3 Å². The van der Waals surface area contributed by atoms with Crippen molar-refractivity contribution in [2.45, 2.75) is 44.6 Å². The molecule has 0 bridgehead atoms. The summed E-state index contributed by atoms with van der Waals surface area (Å²) in [6, 6.07) is 19.3. The first-order chi connectivity index (χ1) is 23.2. The number of imidazole rings is 1. The smallest absolute Gasteiger partial charge is 0.254 e. The second-order valence-electron chi connectivity index (χ2n) is 13.6. The highest BCUT2D eigenvalue weighted by molar-refractivity contribution is 6.00. The van der Waals surface area contributed by atoms with Crippen LogP contribution >= 0.6 is 0 Å². The van der Waals surface area contributed by atoms with Crippen LogP contribution in [-0.2, 0) is 13.1 Å². The van der Waals surface area contributed by atoms with E-state index in [9.17, 15) is 18.4 Å². The Balaban J connectivity index is 1.20. The Hall–Kier alpha value is -4.77. The number of amides is 2. The van der Waals surface area contributed by atoms with Gasteiger partial charge in [0.15, 0.2) is 5.82 Å². The number of methoxy groups -OCH3 is 1. The standard InChI is InChI=1S/C37H38F2N6O3/c1-48-33-14-26(37(47)43-20-28(39)15-29(40)21-43)12-30-34(33)45(19-23-16-42(17-23)36(46)25-6-4-7-27(38)11-25)35(41-30)32-13-24-5-2-3-8-31(24)44(32)18-22-9-10-22/h2-8,11-14,22-23,28-29H,9-10,15-21,40H2,1H3/t28-,29-/m1/s1. The topological polar surface area (TPSA) is 98.6 Å². The Morgan fingerprint density at radius 2 is 1.62 bits per heavy atom. The number of hydrogen-bond acceptors (Lipinski definition) is 5. The van der Waals surface area contributed by atoms with Gasteiger partial charge in [-0.25, -0.2) is 13.8 Å². The maximum Gasteiger partial charge on any atom is 0.254 e. The molecule has 8 rings (SSSR count). The van der Waals surface area contributed by atoms with E-state index in [4.69, 9.17) is 15.5 Å². The van der Waals surface area contributed by atoms with Crippen molar-refractivity contribution in [3.8, 4) is 17.3 Å². The lowest BCUT2D eigenvalue weighted by Gasteiger charge is -2.39. The molecule has 48 heavy (non-hydrogen) atoms. The minimum Gasteiger partial charge on any atom is -0.494 e. The predicted octanol–water partition coefficient (Wildman–Crippen LogP) is 5.50. The molecule has 1 aliphatic carbocycles. The number of piperidine rings is 1. The molecule has 3 fully saturated rings. The van der Waals surface area contributed by atoms with Gasteiger partial charge in [0.25, 0.3) is 11.8 Å². The monoisotopic (exact) mass is 652 g/mol. The summed E-state index contributed by atoms with van der Waals surface area (Å²) < 4.78 is 38.7. The number of aromatic nitrogens is 3. The number of benzene rings is 3. The molecule has 2 aliphatic heterocycles. The molecule has 0 spiro atoms. The summed E-state index contributed by atoms with van der Waals surface area (Å²) in [5, 5.41) is 1.12. The highest BCUT2D eigenvalue weighted by Crippen LogP contribution is 2.39. The van der Waals surface area contributed by atoms with Gasteiger partial charge in [0.05, 0.1) is 24.9 Å². The van der Waals surface area contributed by atoms with Crippen molar-refractivity contribution < 1.29 is 23.1 Å². The third kappa shape index (κ3) is 5.59. The lowest BCUT2D eigenvalue weighted by Crippen LogP contribution is -2.51. The van der Waals surface area contributed by atoms with Crippen molar-refractivity contribution in [1.82, 2.24) is 23.9 Å². The average Bonchev–Trinajstić information content (AvgIpc) is 3.71. The normalized spacial score (nSPS) is 20.0. The molecular weight excluding hydrogens is 614 g/mol. The molecule has 3 aliphatic rings. The number of para-hydroxylation sites is 1. The average molecular weight is 653 g/mol. The van der Waals surface area contributed by atoms with Crippen LogP contribution in [0.1, 0.15) is 40.0 Å². The lowest BCUT2D eigenvalue weighted by atomic mass is 9.98. The van der Waals surface area contributed by atoms with Gasteiger partial charge >= 0.3 is 0 Å². The summed E-state index contributed by atoms with van der Waals surface area (Å²) in [5.74, 6) is 1.03. The number of rotatable bonds is 8. The largest absolute Gasteiger partial charge is 0.494 e. The second-order valence-corrected chi connectivity index (χ2v) is 13.6. The van der Waals surface area contributed by atoms with Crippen LogP contribution in [0.2, 0.25) is 0 Å². The number of nitrogens with two attached hydrogens (primary N) is 1. The molecule has 0 radical (unpaired) electrons. The highest BCUT2D eigenvalue weighted by Gasteiger charge is 2.35. The molecule has 2 amide bonds. The molecule has 3 aromatic carbocycles. The molecule has 2 atom stereocenters. The number of hydrogen-bond donors (Lipinski definition) is 1. The van der Waals surface area contributed by atoms with E-state index in [-0.39, 0.29) is 37.2 Å². The molecule has 2 saturated heterocycles. The van der Waals surface area contributed by atoms with Crippen molar-refractivity contribution in [3.63, 3.8) is 0 Å². The van der Waals surface area contributed by atoms with Crippen LogP contribution in [0.3, 0.4) is 0 Å². The number of ether oxygens (including phenoxy) is 1. The highest BCUT2D eigenvalue weighted by atomic mass is 19.1. The van der Waals surface area contributed by atoms with Gasteiger partial charge in [-0.2, -0.15) is 0 Å². The van der Waals surface area contributed by atoms with Crippen LogP contribution in [0.4, 0.5) is 8.78 Å². The molecule has 2 N–H and O–H groups in total. The summed E-state index contributed by atoms with van der Waals surface area (Å²) in [4.78, 5) is 35.2. The van der Waals surface area contributed by atoms with Crippen LogP contribution in [0.25, 0.3) is 33.5 Å². The number of alkyl halides is 1. The second kappa shape index (κ2) is 12.0. The maximum absolute atomic E-state index is 14.4. The quantitative estimate of drug-likeness (QED) is 0.239.